The van der Waals surface area contributed by atoms with Crippen LogP contribution in [0.3, 0.4) is 0 Å². The van der Waals surface area contributed by atoms with E-state index in [1.807, 2.05) is 18.2 Å². The van der Waals surface area contributed by atoms with Gasteiger partial charge in [-0.1, -0.05) is 37.5 Å². The third-order valence-electron chi connectivity index (χ3n) is 4.98. The van der Waals surface area contributed by atoms with E-state index in [1.165, 1.54) is 36.8 Å². The predicted molar refractivity (Wildman–Crippen MR) is 98.2 cm³/mol. The number of carbonyl (C=O) groups is 1. The Bertz CT molecular complexity index is 625. The zero-order valence-electron chi connectivity index (χ0n) is 14.0. The Balaban J connectivity index is 1.64. The van der Waals surface area contributed by atoms with Crippen molar-refractivity contribution in [2.45, 2.75) is 38.1 Å². The van der Waals surface area contributed by atoms with Crippen molar-refractivity contribution in [2.24, 2.45) is 5.92 Å². The van der Waals surface area contributed by atoms with Crippen LogP contribution >= 0.6 is 11.3 Å². The fourth-order valence-electron chi connectivity index (χ4n) is 3.67. The molecule has 1 unspecified atom stereocenters. The number of amides is 1. The van der Waals surface area contributed by atoms with Gasteiger partial charge in [0.1, 0.15) is 0 Å². The molecule has 2 aromatic rings. The summed E-state index contributed by atoms with van der Waals surface area (Å²) in [4.78, 5) is 15.6. The second kappa shape index (κ2) is 7.45. The standard InChI is InChI=1S/C19H26N2OS/c1-21(2)16(14-8-4-3-5-9-14)13-20-19(22)18-12-15-10-6-7-11-17(15)23-18/h6-7,10-12,14,16H,3-5,8-9,13H2,1-2H3,(H,20,22). The minimum atomic E-state index is 0.0638. The zero-order valence-corrected chi connectivity index (χ0v) is 14.9. The first-order valence-corrected chi connectivity index (χ1v) is 9.40. The van der Waals surface area contributed by atoms with Crippen LogP contribution in [-0.4, -0.2) is 37.5 Å². The molecule has 1 aromatic heterocycles. The fraction of sp³-hybridized carbons (Fsp3) is 0.526. The first kappa shape index (κ1) is 16.5. The van der Waals surface area contributed by atoms with Crippen molar-refractivity contribution < 1.29 is 4.79 Å². The molecule has 124 valence electrons. The van der Waals surface area contributed by atoms with Gasteiger partial charge in [0, 0.05) is 17.3 Å². The molecule has 1 amide bonds. The number of nitrogens with zero attached hydrogens (tertiary/aromatic N) is 1. The molecule has 1 atom stereocenters. The van der Waals surface area contributed by atoms with Crippen molar-refractivity contribution in [2.75, 3.05) is 20.6 Å². The summed E-state index contributed by atoms with van der Waals surface area (Å²) in [5, 5.41) is 4.32. The van der Waals surface area contributed by atoms with Gasteiger partial charge in [0.05, 0.1) is 4.88 Å². The molecule has 0 spiro atoms. The number of likely N-dealkylation sites (N-methyl/N-ethyl adjacent to an activating group) is 1. The average molecular weight is 330 g/mol. The number of hydrogen-bond donors (Lipinski definition) is 1. The fourth-order valence-corrected chi connectivity index (χ4v) is 4.65. The molecular formula is C19H26N2OS. The van der Waals surface area contributed by atoms with E-state index in [4.69, 9.17) is 0 Å². The monoisotopic (exact) mass is 330 g/mol. The molecule has 1 saturated carbocycles. The molecule has 1 aromatic carbocycles. The van der Waals surface area contributed by atoms with Gasteiger partial charge < -0.3 is 10.2 Å². The topological polar surface area (TPSA) is 32.3 Å². The Labute approximate surface area is 142 Å². The number of nitrogens with one attached hydrogen (secondary N) is 1. The minimum absolute atomic E-state index is 0.0638. The third-order valence-corrected chi connectivity index (χ3v) is 6.09. The summed E-state index contributed by atoms with van der Waals surface area (Å²) in [6.45, 7) is 0.741. The lowest BCUT2D eigenvalue weighted by Crippen LogP contribution is -2.45. The van der Waals surface area contributed by atoms with Crippen LogP contribution in [0.5, 0.6) is 0 Å². The molecule has 0 bridgehead atoms. The van der Waals surface area contributed by atoms with Crippen molar-refractivity contribution in [3.63, 3.8) is 0 Å². The Morgan fingerprint density at radius 1 is 1.26 bits per heavy atom. The number of hydrogen-bond acceptors (Lipinski definition) is 3. The van der Waals surface area contributed by atoms with Crippen LogP contribution in [0.1, 0.15) is 41.8 Å². The van der Waals surface area contributed by atoms with Crippen molar-refractivity contribution in [3.05, 3.63) is 35.2 Å². The van der Waals surface area contributed by atoms with E-state index >= 15 is 0 Å². The minimum Gasteiger partial charge on any atom is -0.350 e. The van der Waals surface area contributed by atoms with E-state index in [9.17, 15) is 4.79 Å². The first-order chi connectivity index (χ1) is 11.1. The summed E-state index contributed by atoms with van der Waals surface area (Å²) >= 11 is 1.58. The Hall–Kier alpha value is -1.39. The number of fused-ring (bicyclic) bond motifs is 1. The molecule has 3 nitrogen and oxygen atoms in total. The largest absolute Gasteiger partial charge is 0.350 e. The van der Waals surface area contributed by atoms with E-state index in [1.54, 1.807) is 11.3 Å². The van der Waals surface area contributed by atoms with Crippen LogP contribution in [-0.2, 0) is 0 Å². The van der Waals surface area contributed by atoms with Crippen molar-refractivity contribution >= 4 is 27.3 Å². The van der Waals surface area contributed by atoms with Crippen molar-refractivity contribution in [1.82, 2.24) is 10.2 Å². The molecule has 0 saturated heterocycles. The van der Waals surface area contributed by atoms with E-state index in [-0.39, 0.29) is 5.91 Å². The van der Waals surface area contributed by atoms with Crippen LogP contribution in [0.15, 0.2) is 30.3 Å². The third kappa shape index (κ3) is 3.93. The van der Waals surface area contributed by atoms with Gasteiger partial charge >= 0.3 is 0 Å². The lowest BCUT2D eigenvalue weighted by Gasteiger charge is -2.34. The molecule has 1 fully saturated rings. The van der Waals surface area contributed by atoms with E-state index in [0.29, 0.717) is 12.0 Å². The summed E-state index contributed by atoms with van der Waals surface area (Å²) in [5.41, 5.74) is 0. The Kier molecular flexibility index (Phi) is 5.34. The molecule has 1 aliphatic rings. The second-order valence-corrected chi connectivity index (χ2v) is 7.87. The predicted octanol–water partition coefficient (Wildman–Crippen LogP) is 4.14. The van der Waals surface area contributed by atoms with Gasteiger partial charge in [0.15, 0.2) is 0 Å². The van der Waals surface area contributed by atoms with Crippen LogP contribution in [0, 0.1) is 5.92 Å². The lowest BCUT2D eigenvalue weighted by molar-refractivity contribution is 0.0926. The maximum atomic E-state index is 12.5. The average Bonchev–Trinajstić information content (AvgIpc) is 2.99. The van der Waals surface area contributed by atoms with Crippen LogP contribution in [0.4, 0.5) is 0 Å². The number of rotatable bonds is 5. The maximum absolute atomic E-state index is 12.5. The van der Waals surface area contributed by atoms with E-state index < -0.39 is 0 Å². The van der Waals surface area contributed by atoms with E-state index in [0.717, 1.165) is 16.8 Å². The second-order valence-electron chi connectivity index (χ2n) is 6.79. The van der Waals surface area contributed by atoms with Crippen LogP contribution in [0.2, 0.25) is 0 Å². The number of benzene rings is 1. The first-order valence-electron chi connectivity index (χ1n) is 8.58. The quantitative estimate of drug-likeness (QED) is 0.893. The normalized spacial score (nSPS) is 17.5. The Morgan fingerprint density at radius 2 is 2.00 bits per heavy atom. The lowest BCUT2D eigenvalue weighted by atomic mass is 9.83. The molecule has 3 rings (SSSR count). The van der Waals surface area contributed by atoms with Crippen molar-refractivity contribution in [1.29, 1.82) is 0 Å². The molecule has 0 radical (unpaired) electrons. The molecule has 23 heavy (non-hydrogen) atoms. The van der Waals surface area contributed by atoms with Gasteiger partial charge in [-0.05, 0) is 50.4 Å². The SMILES string of the molecule is CN(C)C(CNC(=O)c1cc2ccccc2s1)C1CCCCC1. The van der Waals surface area contributed by atoms with Crippen LogP contribution < -0.4 is 5.32 Å². The maximum Gasteiger partial charge on any atom is 0.261 e. The molecular weight excluding hydrogens is 304 g/mol. The highest BCUT2D eigenvalue weighted by Gasteiger charge is 2.25. The van der Waals surface area contributed by atoms with Gasteiger partial charge in [0.2, 0.25) is 0 Å². The molecule has 1 N–H and O–H groups in total. The number of carbonyl (C=O) groups excluding carboxylic acids is 1. The highest BCUT2D eigenvalue weighted by molar-refractivity contribution is 7.20. The highest BCUT2D eigenvalue weighted by Crippen LogP contribution is 2.28. The van der Waals surface area contributed by atoms with Crippen LogP contribution in [0.25, 0.3) is 10.1 Å². The van der Waals surface area contributed by atoms with Gasteiger partial charge in [0.25, 0.3) is 5.91 Å². The summed E-state index contributed by atoms with van der Waals surface area (Å²) < 4.78 is 1.18. The number of thiophene rings is 1. The van der Waals surface area contributed by atoms with Gasteiger partial charge in [-0.2, -0.15) is 0 Å². The summed E-state index contributed by atoms with van der Waals surface area (Å²) in [6, 6.07) is 10.6. The zero-order chi connectivity index (χ0) is 16.2. The Morgan fingerprint density at radius 3 is 2.70 bits per heavy atom. The smallest absolute Gasteiger partial charge is 0.261 e. The summed E-state index contributed by atoms with van der Waals surface area (Å²) in [5.74, 6) is 0.773. The summed E-state index contributed by atoms with van der Waals surface area (Å²) in [7, 11) is 4.26. The van der Waals surface area contributed by atoms with Gasteiger partial charge in [-0.3, -0.25) is 4.79 Å². The summed E-state index contributed by atoms with van der Waals surface area (Å²) in [6.07, 6.45) is 6.62. The van der Waals surface area contributed by atoms with Gasteiger partial charge in [-0.25, -0.2) is 0 Å². The van der Waals surface area contributed by atoms with E-state index in [2.05, 4.69) is 36.4 Å². The molecule has 1 heterocycles. The molecule has 4 heteroatoms. The highest BCUT2D eigenvalue weighted by atomic mass is 32.1. The molecule has 1 aliphatic carbocycles. The van der Waals surface area contributed by atoms with Gasteiger partial charge in [-0.15, -0.1) is 11.3 Å². The molecule has 0 aliphatic heterocycles. The van der Waals surface area contributed by atoms with Crippen molar-refractivity contribution in [3.8, 4) is 0 Å².